The normalized spacial score (nSPS) is 12.2. The first-order chi connectivity index (χ1) is 18.8. The Morgan fingerprint density at radius 2 is 1.95 bits per heavy atom. The summed E-state index contributed by atoms with van der Waals surface area (Å²) in [4.78, 5) is 30.1. The minimum atomic E-state index is -0.833. The van der Waals surface area contributed by atoms with E-state index in [1.54, 1.807) is 61.5 Å². The van der Waals surface area contributed by atoms with Gasteiger partial charge in [-0.1, -0.05) is 23.7 Å². The van der Waals surface area contributed by atoms with Crippen LogP contribution >= 0.6 is 34.2 Å². The van der Waals surface area contributed by atoms with Crippen LogP contribution in [0.15, 0.2) is 75.0 Å². The van der Waals surface area contributed by atoms with Crippen molar-refractivity contribution in [1.82, 2.24) is 9.66 Å². The molecule has 0 saturated heterocycles. The zero-order chi connectivity index (χ0) is 27.7. The van der Waals surface area contributed by atoms with E-state index in [4.69, 9.17) is 35.2 Å². The maximum atomic E-state index is 13.5. The van der Waals surface area contributed by atoms with Crippen molar-refractivity contribution in [2.24, 2.45) is 5.10 Å². The topological polar surface area (TPSA) is 105 Å². The number of furan rings is 1. The average molecular weight is 658 g/mol. The van der Waals surface area contributed by atoms with Gasteiger partial charge in [-0.25, -0.2) is 9.78 Å². The number of halogens is 2. The number of fused-ring (bicyclic) bond motifs is 2. The highest BCUT2D eigenvalue weighted by Crippen LogP contribution is 2.35. The predicted molar refractivity (Wildman–Crippen MR) is 157 cm³/mol. The molecule has 0 aliphatic carbocycles. The molecule has 2 aromatic heterocycles. The Morgan fingerprint density at radius 3 is 2.72 bits per heavy atom. The number of ether oxygens (including phenoxy) is 3. The van der Waals surface area contributed by atoms with Gasteiger partial charge >= 0.3 is 5.97 Å². The number of hydrogen-bond donors (Lipinski definition) is 0. The van der Waals surface area contributed by atoms with E-state index >= 15 is 0 Å². The van der Waals surface area contributed by atoms with Crippen molar-refractivity contribution < 1.29 is 23.4 Å². The number of para-hydroxylation sites is 1. The molecule has 0 aliphatic rings. The van der Waals surface area contributed by atoms with E-state index < -0.39 is 12.1 Å². The van der Waals surface area contributed by atoms with Gasteiger partial charge in [0.1, 0.15) is 5.58 Å². The highest BCUT2D eigenvalue weighted by atomic mass is 127. The third-order valence-electron chi connectivity index (χ3n) is 5.85. The molecule has 0 saturated carbocycles. The number of hydrogen-bond acceptors (Lipinski definition) is 8. The van der Waals surface area contributed by atoms with Gasteiger partial charge in [0.05, 0.1) is 34.9 Å². The first-order valence-electron chi connectivity index (χ1n) is 11.7. The van der Waals surface area contributed by atoms with Gasteiger partial charge in [-0.05, 0) is 83.6 Å². The number of benzene rings is 3. The second-order valence-electron chi connectivity index (χ2n) is 8.42. The van der Waals surface area contributed by atoms with Crippen LogP contribution in [-0.4, -0.2) is 42.2 Å². The van der Waals surface area contributed by atoms with Gasteiger partial charge in [-0.3, -0.25) is 4.79 Å². The average Bonchev–Trinajstić information content (AvgIpc) is 3.36. The number of nitrogens with zero attached hydrogens (tertiary/aromatic N) is 3. The summed E-state index contributed by atoms with van der Waals surface area (Å²) >= 11 is 8.22. The summed E-state index contributed by atoms with van der Waals surface area (Å²) in [5.41, 5.74) is 1.37. The fraction of sp³-hybridized carbons (Fsp3) is 0.143. The van der Waals surface area contributed by atoms with Gasteiger partial charge in [-0.2, -0.15) is 9.78 Å². The zero-order valence-electron chi connectivity index (χ0n) is 21.0. The Bertz CT molecular complexity index is 1810. The lowest BCUT2D eigenvalue weighted by Crippen LogP contribution is -2.25. The highest BCUT2D eigenvalue weighted by molar-refractivity contribution is 14.1. The van der Waals surface area contributed by atoms with Crippen LogP contribution in [0.3, 0.4) is 0 Å². The number of methoxy groups -OCH3 is 2. The molecule has 0 aliphatic heterocycles. The largest absolute Gasteiger partial charge is 0.493 e. The Hall–Kier alpha value is -3.90. The van der Waals surface area contributed by atoms with Crippen molar-refractivity contribution in [3.8, 4) is 23.1 Å². The Kier molecular flexibility index (Phi) is 7.58. The Labute approximate surface area is 241 Å². The van der Waals surface area contributed by atoms with Gasteiger partial charge in [-0.15, -0.1) is 0 Å². The molecule has 11 heteroatoms. The third-order valence-corrected chi connectivity index (χ3v) is 6.89. The molecule has 0 fully saturated rings. The second-order valence-corrected chi connectivity index (χ2v) is 10.0. The summed E-state index contributed by atoms with van der Waals surface area (Å²) < 4.78 is 23.9. The van der Waals surface area contributed by atoms with Crippen LogP contribution in [0.4, 0.5) is 0 Å². The molecule has 0 unspecified atom stereocenters. The lowest BCUT2D eigenvalue weighted by atomic mass is 10.2. The molecule has 0 radical (unpaired) electrons. The van der Waals surface area contributed by atoms with Crippen molar-refractivity contribution in [2.45, 2.75) is 13.0 Å². The van der Waals surface area contributed by atoms with Crippen molar-refractivity contribution in [3.63, 3.8) is 0 Å². The monoisotopic (exact) mass is 657 g/mol. The van der Waals surface area contributed by atoms with E-state index in [0.717, 1.165) is 5.39 Å². The molecule has 0 N–H and O–H groups in total. The van der Waals surface area contributed by atoms with Crippen molar-refractivity contribution >= 4 is 68.2 Å². The highest BCUT2D eigenvalue weighted by Gasteiger charge is 2.20. The molecular weight excluding hydrogens is 637 g/mol. The maximum absolute atomic E-state index is 13.5. The third kappa shape index (κ3) is 5.34. The van der Waals surface area contributed by atoms with E-state index in [-0.39, 0.29) is 11.4 Å². The molecule has 0 bridgehead atoms. The summed E-state index contributed by atoms with van der Waals surface area (Å²) in [6.45, 7) is 1.59. The molecule has 0 spiro atoms. The van der Waals surface area contributed by atoms with Crippen LogP contribution in [0.1, 0.15) is 12.5 Å². The zero-order valence-corrected chi connectivity index (χ0v) is 23.9. The molecular formula is C28H21ClIN3O6. The van der Waals surface area contributed by atoms with Crippen molar-refractivity contribution in [2.75, 3.05) is 14.2 Å². The molecule has 39 heavy (non-hydrogen) atoms. The molecule has 198 valence electrons. The van der Waals surface area contributed by atoms with Gasteiger partial charge in [0.15, 0.2) is 23.4 Å². The second kappa shape index (κ2) is 11.1. The summed E-state index contributed by atoms with van der Waals surface area (Å²) in [6, 6.07) is 17.5. The molecule has 9 nitrogen and oxygen atoms in total. The first kappa shape index (κ1) is 26.7. The number of carbonyl (C=O) groups excluding carboxylic acids is 1. The van der Waals surface area contributed by atoms with E-state index in [1.165, 1.54) is 25.1 Å². The van der Waals surface area contributed by atoms with E-state index in [0.29, 0.717) is 47.9 Å². The van der Waals surface area contributed by atoms with Crippen LogP contribution < -0.4 is 15.0 Å². The summed E-state index contributed by atoms with van der Waals surface area (Å²) in [5.74, 6) is 0.856. The summed E-state index contributed by atoms with van der Waals surface area (Å²) in [5, 5.41) is 6.24. The quantitative estimate of drug-likeness (QED) is 0.122. The number of rotatable bonds is 7. The van der Waals surface area contributed by atoms with E-state index in [9.17, 15) is 9.59 Å². The van der Waals surface area contributed by atoms with Gasteiger partial charge < -0.3 is 18.6 Å². The number of aromatic nitrogens is 2. The lowest BCUT2D eigenvalue weighted by molar-refractivity contribution is -0.147. The standard InChI is InChI=1S/C28H21ClIN3O6/c1-15(28(35)37-3)38-25-20(30)10-16(11-23(25)36-2)14-31-33-26(32-21-7-5-4-6-19(21)27(33)34)24-13-17-12-18(29)8-9-22(17)39-24/h4-15H,1-3H3/t15-/m1/s1. The number of carbonyl (C=O) groups is 1. The minimum absolute atomic E-state index is 0.232. The van der Waals surface area contributed by atoms with Gasteiger partial charge in [0, 0.05) is 10.4 Å². The molecule has 0 amide bonds. The SMILES string of the molecule is COC(=O)[C@@H](C)Oc1c(I)cc(C=Nn2c(-c3cc4cc(Cl)ccc4o3)nc3ccccc3c2=O)cc1OC. The van der Waals surface area contributed by atoms with E-state index in [2.05, 4.69) is 27.7 Å². The summed E-state index contributed by atoms with van der Waals surface area (Å²) in [6.07, 6.45) is 0.680. The fourth-order valence-electron chi connectivity index (χ4n) is 3.96. The molecule has 5 rings (SSSR count). The first-order valence-corrected chi connectivity index (χ1v) is 13.1. The van der Waals surface area contributed by atoms with Gasteiger partial charge in [0.25, 0.3) is 5.56 Å². The van der Waals surface area contributed by atoms with Crippen molar-refractivity contribution in [3.05, 3.63) is 85.2 Å². The smallest absolute Gasteiger partial charge is 0.346 e. The van der Waals surface area contributed by atoms with E-state index in [1.807, 2.05) is 6.07 Å². The number of esters is 1. The Balaban J connectivity index is 1.61. The molecule has 3 aromatic carbocycles. The lowest BCUT2D eigenvalue weighted by Gasteiger charge is -2.17. The Morgan fingerprint density at radius 1 is 1.15 bits per heavy atom. The summed E-state index contributed by atoms with van der Waals surface area (Å²) in [7, 11) is 2.79. The fourth-order valence-corrected chi connectivity index (χ4v) is 4.89. The molecule has 5 aromatic rings. The molecule has 1 atom stereocenters. The molecule has 2 heterocycles. The van der Waals surface area contributed by atoms with Gasteiger partial charge in [0.2, 0.25) is 5.82 Å². The van der Waals surface area contributed by atoms with Crippen LogP contribution in [0.2, 0.25) is 5.02 Å². The van der Waals surface area contributed by atoms with Crippen molar-refractivity contribution in [1.29, 1.82) is 0 Å². The van der Waals surface area contributed by atoms with Crippen LogP contribution in [0.25, 0.3) is 33.5 Å². The van der Waals surface area contributed by atoms with Crippen LogP contribution in [0, 0.1) is 3.57 Å². The predicted octanol–water partition coefficient (Wildman–Crippen LogP) is 5.90. The maximum Gasteiger partial charge on any atom is 0.346 e. The minimum Gasteiger partial charge on any atom is -0.493 e. The van der Waals surface area contributed by atoms with Crippen LogP contribution in [0.5, 0.6) is 11.5 Å². The van der Waals surface area contributed by atoms with Crippen LogP contribution in [-0.2, 0) is 9.53 Å².